The number of benzene rings is 2. The Morgan fingerprint density at radius 3 is 2.10 bits per heavy atom. The maximum Gasteiger partial charge on any atom is 0.144 e. The van der Waals surface area contributed by atoms with E-state index >= 15 is 0 Å². The Bertz CT molecular complexity index is 691. The molecule has 0 spiro atoms. The number of anilines is 1. The van der Waals surface area contributed by atoms with Crippen LogP contribution in [0.2, 0.25) is 0 Å². The monoisotopic (exact) mass is 261 g/mol. The summed E-state index contributed by atoms with van der Waals surface area (Å²) in [7, 11) is 1.84. The molecule has 0 aliphatic carbocycles. The molecule has 2 aromatic carbocycles. The maximum atomic E-state index is 4.49. The summed E-state index contributed by atoms with van der Waals surface area (Å²) in [4.78, 5) is 8.68. The van der Waals surface area contributed by atoms with E-state index in [9.17, 15) is 0 Å². The summed E-state index contributed by atoms with van der Waals surface area (Å²) in [5.41, 5.74) is 4.35. The minimum Gasteiger partial charge on any atom is -0.372 e. The van der Waals surface area contributed by atoms with E-state index in [1.54, 1.807) is 12.4 Å². The van der Waals surface area contributed by atoms with Gasteiger partial charge in [0.1, 0.15) is 5.82 Å². The standard InChI is InChI=1S/C17H15N3/c1-18-17-12-19-11-16(20-17)15-9-7-14(8-10-15)13-5-3-2-4-6-13/h2-12H,1H3,(H,18,20). The van der Waals surface area contributed by atoms with Crippen LogP contribution in [0, 0.1) is 0 Å². The second-order valence-corrected chi connectivity index (χ2v) is 4.48. The van der Waals surface area contributed by atoms with Crippen molar-refractivity contribution in [3.63, 3.8) is 0 Å². The van der Waals surface area contributed by atoms with Gasteiger partial charge in [0.25, 0.3) is 0 Å². The van der Waals surface area contributed by atoms with Crippen molar-refractivity contribution in [2.45, 2.75) is 0 Å². The van der Waals surface area contributed by atoms with Crippen LogP contribution in [0.1, 0.15) is 0 Å². The largest absolute Gasteiger partial charge is 0.372 e. The van der Waals surface area contributed by atoms with E-state index in [4.69, 9.17) is 0 Å². The summed E-state index contributed by atoms with van der Waals surface area (Å²) in [5.74, 6) is 0.773. The van der Waals surface area contributed by atoms with E-state index in [2.05, 4.69) is 51.7 Å². The van der Waals surface area contributed by atoms with Gasteiger partial charge in [0.05, 0.1) is 18.1 Å². The summed E-state index contributed by atoms with van der Waals surface area (Å²) in [6.45, 7) is 0. The van der Waals surface area contributed by atoms with Crippen molar-refractivity contribution in [1.29, 1.82) is 0 Å². The van der Waals surface area contributed by atoms with Crippen molar-refractivity contribution in [1.82, 2.24) is 9.97 Å². The summed E-state index contributed by atoms with van der Waals surface area (Å²) < 4.78 is 0. The van der Waals surface area contributed by atoms with Crippen LogP contribution in [0.4, 0.5) is 5.82 Å². The second kappa shape index (κ2) is 5.53. The van der Waals surface area contributed by atoms with Crippen molar-refractivity contribution >= 4 is 5.82 Å². The van der Waals surface area contributed by atoms with E-state index in [0.717, 1.165) is 17.1 Å². The van der Waals surface area contributed by atoms with Gasteiger partial charge in [-0.15, -0.1) is 0 Å². The fraction of sp³-hybridized carbons (Fsp3) is 0.0588. The summed E-state index contributed by atoms with van der Waals surface area (Å²) in [6.07, 6.45) is 3.49. The Morgan fingerprint density at radius 2 is 1.40 bits per heavy atom. The SMILES string of the molecule is CNc1cncc(-c2ccc(-c3ccccc3)cc2)n1. The van der Waals surface area contributed by atoms with Crippen LogP contribution in [0.5, 0.6) is 0 Å². The normalized spacial score (nSPS) is 10.2. The van der Waals surface area contributed by atoms with Crippen LogP contribution in [-0.2, 0) is 0 Å². The van der Waals surface area contributed by atoms with E-state index in [1.165, 1.54) is 11.1 Å². The second-order valence-electron chi connectivity index (χ2n) is 4.48. The third-order valence-electron chi connectivity index (χ3n) is 3.18. The quantitative estimate of drug-likeness (QED) is 0.778. The lowest BCUT2D eigenvalue weighted by atomic mass is 10.0. The molecule has 3 nitrogen and oxygen atoms in total. The fourth-order valence-electron chi connectivity index (χ4n) is 2.09. The number of rotatable bonds is 3. The summed E-state index contributed by atoms with van der Waals surface area (Å²) >= 11 is 0. The average Bonchev–Trinajstić information content (AvgIpc) is 2.56. The van der Waals surface area contributed by atoms with Gasteiger partial charge in [-0.25, -0.2) is 4.98 Å². The number of nitrogens with zero attached hydrogens (tertiary/aromatic N) is 2. The minimum atomic E-state index is 0.773. The Morgan fingerprint density at radius 1 is 0.750 bits per heavy atom. The predicted octanol–water partition coefficient (Wildman–Crippen LogP) is 3.85. The van der Waals surface area contributed by atoms with Gasteiger partial charge in [-0.05, 0) is 11.1 Å². The number of hydrogen-bond acceptors (Lipinski definition) is 3. The van der Waals surface area contributed by atoms with E-state index in [0.29, 0.717) is 0 Å². The molecule has 0 saturated heterocycles. The van der Waals surface area contributed by atoms with Crippen LogP contribution in [0.25, 0.3) is 22.4 Å². The molecule has 1 aromatic heterocycles. The molecule has 1 heterocycles. The van der Waals surface area contributed by atoms with Crippen LogP contribution >= 0.6 is 0 Å². The molecule has 0 aliphatic heterocycles. The van der Waals surface area contributed by atoms with Gasteiger partial charge >= 0.3 is 0 Å². The average molecular weight is 261 g/mol. The van der Waals surface area contributed by atoms with Gasteiger partial charge in [0.2, 0.25) is 0 Å². The summed E-state index contributed by atoms with van der Waals surface area (Å²) in [5, 5.41) is 3.00. The molecule has 0 atom stereocenters. The van der Waals surface area contributed by atoms with Crippen LogP contribution in [-0.4, -0.2) is 17.0 Å². The first-order valence-corrected chi connectivity index (χ1v) is 6.52. The molecule has 0 aliphatic rings. The van der Waals surface area contributed by atoms with Crippen molar-refractivity contribution in [3.05, 3.63) is 67.0 Å². The van der Waals surface area contributed by atoms with E-state index in [1.807, 2.05) is 25.2 Å². The highest BCUT2D eigenvalue weighted by atomic mass is 15.0. The molecule has 3 aromatic rings. The third kappa shape index (κ3) is 2.52. The highest BCUT2D eigenvalue weighted by Crippen LogP contribution is 2.23. The highest BCUT2D eigenvalue weighted by Gasteiger charge is 2.02. The first kappa shape index (κ1) is 12.4. The molecule has 98 valence electrons. The molecular formula is C17H15N3. The molecular weight excluding hydrogens is 246 g/mol. The molecule has 0 fully saturated rings. The fourth-order valence-corrected chi connectivity index (χ4v) is 2.09. The molecule has 0 bridgehead atoms. The Balaban J connectivity index is 1.93. The maximum absolute atomic E-state index is 4.49. The lowest BCUT2D eigenvalue weighted by Gasteiger charge is -2.05. The van der Waals surface area contributed by atoms with Gasteiger partial charge in [0, 0.05) is 12.6 Å². The van der Waals surface area contributed by atoms with Crippen molar-refractivity contribution in [2.75, 3.05) is 12.4 Å². The van der Waals surface area contributed by atoms with Crippen LogP contribution in [0.3, 0.4) is 0 Å². The topological polar surface area (TPSA) is 37.8 Å². The number of nitrogens with one attached hydrogen (secondary N) is 1. The third-order valence-corrected chi connectivity index (χ3v) is 3.18. The number of aromatic nitrogens is 2. The zero-order chi connectivity index (χ0) is 13.8. The first-order chi connectivity index (χ1) is 9.86. The number of hydrogen-bond donors (Lipinski definition) is 1. The van der Waals surface area contributed by atoms with Gasteiger partial charge in [0.15, 0.2) is 0 Å². The summed E-state index contributed by atoms with van der Waals surface area (Å²) in [6, 6.07) is 18.7. The van der Waals surface area contributed by atoms with Gasteiger partial charge in [-0.2, -0.15) is 0 Å². The molecule has 3 rings (SSSR count). The Hall–Kier alpha value is -2.68. The zero-order valence-corrected chi connectivity index (χ0v) is 11.2. The predicted molar refractivity (Wildman–Crippen MR) is 82.5 cm³/mol. The van der Waals surface area contributed by atoms with Crippen LogP contribution < -0.4 is 5.32 Å². The van der Waals surface area contributed by atoms with Gasteiger partial charge < -0.3 is 5.32 Å². The van der Waals surface area contributed by atoms with Crippen molar-refractivity contribution in [2.24, 2.45) is 0 Å². The zero-order valence-electron chi connectivity index (χ0n) is 11.2. The molecule has 3 heteroatoms. The Labute approximate surface area is 118 Å². The highest BCUT2D eigenvalue weighted by molar-refractivity contribution is 5.68. The molecule has 1 N–H and O–H groups in total. The smallest absolute Gasteiger partial charge is 0.144 e. The molecule has 0 saturated carbocycles. The molecule has 20 heavy (non-hydrogen) atoms. The van der Waals surface area contributed by atoms with Crippen LogP contribution in [0.15, 0.2) is 67.0 Å². The van der Waals surface area contributed by atoms with Crippen molar-refractivity contribution < 1.29 is 0 Å². The minimum absolute atomic E-state index is 0.773. The van der Waals surface area contributed by atoms with E-state index in [-0.39, 0.29) is 0 Å². The molecule has 0 amide bonds. The van der Waals surface area contributed by atoms with E-state index < -0.39 is 0 Å². The molecule has 0 unspecified atom stereocenters. The first-order valence-electron chi connectivity index (χ1n) is 6.52. The lowest BCUT2D eigenvalue weighted by molar-refractivity contribution is 1.19. The Kier molecular flexibility index (Phi) is 3.42. The van der Waals surface area contributed by atoms with Crippen molar-refractivity contribution in [3.8, 4) is 22.4 Å². The molecule has 0 radical (unpaired) electrons. The van der Waals surface area contributed by atoms with Gasteiger partial charge in [-0.3, -0.25) is 4.98 Å². The van der Waals surface area contributed by atoms with Gasteiger partial charge in [-0.1, -0.05) is 54.6 Å². The lowest BCUT2D eigenvalue weighted by Crippen LogP contribution is -1.94.